The number of hydrogen-bond donors (Lipinski definition) is 0. The number of fused-ring (bicyclic) bond motifs is 1. The van der Waals surface area contributed by atoms with Crippen LogP contribution in [0.15, 0.2) is 73.6 Å². The van der Waals surface area contributed by atoms with E-state index in [9.17, 15) is 9.18 Å². The smallest absolute Gasteiger partial charge is 0.246 e. The van der Waals surface area contributed by atoms with Crippen molar-refractivity contribution in [3.63, 3.8) is 0 Å². The van der Waals surface area contributed by atoms with Crippen molar-refractivity contribution in [3.8, 4) is 22.8 Å². The molecule has 1 saturated heterocycles. The van der Waals surface area contributed by atoms with E-state index in [1.807, 2.05) is 22.9 Å². The van der Waals surface area contributed by atoms with Crippen molar-refractivity contribution in [2.24, 2.45) is 0 Å². The number of aromatic nitrogens is 3. The van der Waals surface area contributed by atoms with Crippen LogP contribution in [0, 0.1) is 5.82 Å². The summed E-state index contributed by atoms with van der Waals surface area (Å²) in [7, 11) is 0. The van der Waals surface area contributed by atoms with Gasteiger partial charge in [0.15, 0.2) is 11.6 Å². The Balaban J connectivity index is 1.45. The number of nitrogens with zero attached hydrogens (tertiary/aromatic N) is 4. The van der Waals surface area contributed by atoms with Crippen LogP contribution in [-0.4, -0.2) is 38.7 Å². The Labute approximate surface area is 194 Å². The minimum atomic E-state index is -0.598. The summed E-state index contributed by atoms with van der Waals surface area (Å²) in [6.45, 7) is 4.83. The molecular weight excluding hydrogens is 443 g/mol. The first-order valence-corrected chi connectivity index (χ1v) is 10.9. The minimum absolute atomic E-state index is 0.00824. The fraction of sp³-hybridized carbons (Fsp3) is 0.160. The molecule has 0 aliphatic carbocycles. The molecule has 8 heteroatoms. The van der Waals surface area contributed by atoms with Crippen molar-refractivity contribution in [1.29, 1.82) is 0 Å². The molecule has 33 heavy (non-hydrogen) atoms. The lowest BCUT2D eigenvalue weighted by Crippen LogP contribution is -2.27. The first-order chi connectivity index (χ1) is 16.0. The van der Waals surface area contributed by atoms with Crippen molar-refractivity contribution in [2.75, 3.05) is 13.1 Å². The number of rotatable bonds is 5. The predicted octanol–water partition coefficient (Wildman–Crippen LogP) is 5.64. The highest BCUT2D eigenvalue weighted by atomic mass is 35.5. The Bertz CT molecular complexity index is 1350. The van der Waals surface area contributed by atoms with Gasteiger partial charge in [-0.15, -0.1) is 0 Å². The summed E-state index contributed by atoms with van der Waals surface area (Å²) in [5.74, 6) is -0.118. The van der Waals surface area contributed by atoms with Gasteiger partial charge in [0.25, 0.3) is 0 Å². The second-order valence-corrected chi connectivity index (χ2v) is 8.20. The van der Waals surface area contributed by atoms with Gasteiger partial charge in [0.05, 0.1) is 16.6 Å². The number of carbonyl (C=O) groups excluding carboxylic acids is 1. The lowest BCUT2D eigenvalue weighted by molar-refractivity contribution is -0.125. The van der Waals surface area contributed by atoms with Gasteiger partial charge in [-0.3, -0.25) is 14.5 Å². The van der Waals surface area contributed by atoms with Crippen LogP contribution in [-0.2, 0) is 4.79 Å². The average molecular weight is 463 g/mol. The normalized spacial score (nSPS) is 15.7. The third-order valence-corrected chi connectivity index (χ3v) is 6.07. The Kier molecular flexibility index (Phi) is 5.56. The zero-order chi connectivity index (χ0) is 22.9. The maximum Gasteiger partial charge on any atom is 0.246 e. The lowest BCUT2D eigenvalue weighted by Gasteiger charge is -2.15. The van der Waals surface area contributed by atoms with Crippen molar-refractivity contribution in [2.45, 2.75) is 12.5 Å². The molecule has 0 N–H and O–H groups in total. The summed E-state index contributed by atoms with van der Waals surface area (Å²) in [6, 6.07) is 13.9. The van der Waals surface area contributed by atoms with Crippen molar-refractivity contribution >= 4 is 28.4 Å². The number of benzene rings is 2. The molecule has 1 fully saturated rings. The van der Waals surface area contributed by atoms with Crippen LogP contribution < -0.4 is 4.74 Å². The maximum atomic E-state index is 14.2. The molecule has 1 amide bonds. The van der Waals surface area contributed by atoms with Gasteiger partial charge in [-0.1, -0.05) is 24.2 Å². The van der Waals surface area contributed by atoms with E-state index in [0.717, 1.165) is 28.6 Å². The van der Waals surface area contributed by atoms with Gasteiger partial charge in [-0.25, -0.2) is 4.39 Å². The van der Waals surface area contributed by atoms with Crippen molar-refractivity contribution in [1.82, 2.24) is 19.7 Å². The number of carbonyl (C=O) groups is 1. The van der Waals surface area contributed by atoms with E-state index in [0.29, 0.717) is 18.8 Å². The van der Waals surface area contributed by atoms with E-state index >= 15 is 0 Å². The maximum absolute atomic E-state index is 14.2. The van der Waals surface area contributed by atoms with Gasteiger partial charge in [0, 0.05) is 36.4 Å². The third kappa shape index (κ3) is 3.96. The molecule has 1 aliphatic heterocycles. The van der Waals surface area contributed by atoms with E-state index in [4.69, 9.17) is 21.4 Å². The largest absolute Gasteiger partial charge is 0.454 e. The molecule has 1 aliphatic rings. The summed E-state index contributed by atoms with van der Waals surface area (Å²) in [5.41, 5.74) is 2.62. The molecular formula is C25H20ClFN4O2. The van der Waals surface area contributed by atoms with Crippen molar-refractivity contribution in [3.05, 3.63) is 84.4 Å². The van der Waals surface area contributed by atoms with Crippen LogP contribution in [0.5, 0.6) is 11.5 Å². The molecule has 0 saturated carbocycles. The SMILES string of the molecule is C=CC(=O)N1CC[C@@H](n2nc(-c3ccc(Oc4cccc(Cl)c4F)cc3)c3cnccc32)C1. The van der Waals surface area contributed by atoms with Gasteiger partial charge in [-0.05, 0) is 55.0 Å². The van der Waals surface area contributed by atoms with E-state index in [2.05, 4.69) is 11.6 Å². The highest BCUT2D eigenvalue weighted by molar-refractivity contribution is 6.30. The lowest BCUT2D eigenvalue weighted by atomic mass is 10.1. The zero-order valence-corrected chi connectivity index (χ0v) is 18.4. The molecule has 0 unspecified atom stereocenters. The Morgan fingerprint density at radius 3 is 2.82 bits per heavy atom. The van der Waals surface area contributed by atoms with Gasteiger partial charge in [0.2, 0.25) is 5.91 Å². The van der Waals surface area contributed by atoms with Crippen LogP contribution in [0.2, 0.25) is 5.02 Å². The molecule has 166 valence electrons. The van der Waals surface area contributed by atoms with Gasteiger partial charge < -0.3 is 9.64 Å². The number of ether oxygens (including phenoxy) is 1. The highest BCUT2D eigenvalue weighted by Gasteiger charge is 2.28. The average Bonchev–Trinajstić information content (AvgIpc) is 3.47. The second kappa shape index (κ2) is 8.67. The fourth-order valence-corrected chi connectivity index (χ4v) is 4.28. The molecule has 2 aromatic carbocycles. The number of likely N-dealkylation sites (tertiary alicyclic amines) is 1. The van der Waals surface area contributed by atoms with E-state index in [1.54, 1.807) is 35.5 Å². The second-order valence-electron chi connectivity index (χ2n) is 7.80. The third-order valence-electron chi connectivity index (χ3n) is 5.78. The standard InChI is InChI=1S/C25H20ClFN4O2/c1-2-23(32)30-13-11-17(15-30)31-21-10-12-28-14-19(21)25(29-31)16-6-8-18(9-7-16)33-22-5-3-4-20(26)24(22)27/h2-10,12,14,17H,1,11,13,15H2/t17-/m1/s1. The summed E-state index contributed by atoms with van der Waals surface area (Å²) >= 11 is 5.83. The van der Waals surface area contributed by atoms with Gasteiger partial charge >= 0.3 is 0 Å². The fourth-order valence-electron chi connectivity index (χ4n) is 4.12. The summed E-state index contributed by atoms with van der Waals surface area (Å²) in [6.07, 6.45) is 5.69. The molecule has 0 bridgehead atoms. The number of hydrogen-bond acceptors (Lipinski definition) is 4. The Hall–Kier alpha value is -3.71. The molecule has 2 aromatic heterocycles. The monoisotopic (exact) mass is 462 g/mol. The molecule has 6 nitrogen and oxygen atoms in total. The summed E-state index contributed by atoms with van der Waals surface area (Å²) < 4.78 is 21.8. The molecule has 1 atom stereocenters. The van der Waals surface area contributed by atoms with Gasteiger partial charge in [-0.2, -0.15) is 5.10 Å². The van der Waals surface area contributed by atoms with Crippen LogP contribution in [0.1, 0.15) is 12.5 Å². The first-order valence-electron chi connectivity index (χ1n) is 10.5. The highest BCUT2D eigenvalue weighted by Crippen LogP contribution is 2.34. The van der Waals surface area contributed by atoms with Crippen LogP contribution in [0.25, 0.3) is 22.2 Å². The minimum Gasteiger partial charge on any atom is -0.454 e. The number of halogens is 2. The molecule has 3 heterocycles. The van der Waals surface area contributed by atoms with E-state index in [-0.39, 0.29) is 22.7 Å². The van der Waals surface area contributed by atoms with Crippen molar-refractivity contribution < 1.29 is 13.9 Å². The number of amides is 1. The van der Waals surface area contributed by atoms with Crippen LogP contribution in [0.4, 0.5) is 4.39 Å². The topological polar surface area (TPSA) is 60.2 Å². The summed E-state index contributed by atoms with van der Waals surface area (Å²) in [5, 5.41) is 5.82. The summed E-state index contributed by atoms with van der Waals surface area (Å²) in [4.78, 5) is 18.1. The van der Waals surface area contributed by atoms with Crippen LogP contribution in [0.3, 0.4) is 0 Å². The van der Waals surface area contributed by atoms with Gasteiger partial charge in [0.1, 0.15) is 11.4 Å². The molecule has 0 spiro atoms. The van der Waals surface area contributed by atoms with E-state index < -0.39 is 5.82 Å². The van der Waals surface area contributed by atoms with Crippen LogP contribution >= 0.6 is 11.6 Å². The first kappa shape index (κ1) is 21.2. The number of pyridine rings is 1. The molecule has 4 aromatic rings. The zero-order valence-electron chi connectivity index (χ0n) is 17.6. The molecule has 5 rings (SSSR count). The molecule has 0 radical (unpaired) electrons. The van der Waals surface area contributed by atoms with E-state index in [1.165, 1.54) is 18.2 Å². The predicted molar refractivity (Wildman–Crippen MR) is 125 cm³/mol. The Morgan fingerprint density at radius 1 is 1.21 bits per heavy atom. The Morgan fingerprint density at radius 2 is 2.03 bits per heavy atom. The quantitative estimate of drug-likeness (QED) is 0.360.